The summed E-state index contributed by atoms with van der Waals surface area (Å²) in [6, 6.07) is 6.12. The summed E-state index contributed by atoms with van der Waals surface area (Å²) < 4.78 is 6.20. The number of nitrogens with one attached hydrogen (secondary N) is 1. The molecule has 0 aliphatic heterocycles. The maximum Gasteiger partial charge on any atom is 0.357 e. The Kier molecular flexibility index (Phi) is 3.37. The Labute approximate surface area is 129 Å². The minimum Gasteiger partial charge on any atom is -0.461 e. The SMILES string of the molecule is CCOC(=O)c1ncc2[nH]c3c(I)cccc3c2c1C. The molecule has 4 nitrogen and oxygen atoms in total. The van der Waals surface area contributed by atoms with E-state index in [0.29, 0.717) is 12.3 Å². The largest absolute Gasteiger partial charge is 0.461 e. The fourth-order valence-electron chi connectivity index (χ4n) is 2.45. The first-order valence-corrected chi connectivity index (χ1v) is 7.44. The number of rotatable bonds is 2. The van der Waals surface area contributed by atoms with Crippen LogP contribution in [0.5, 0.6) is 0 Å². The Balaban J connectivity index is 2.34. The van der Waals surface area contributed by atoms with E-state index in [1.54, 1.807) is 13.1 Å². The molecule has 1 N–H and O–H groups in total. The van der Waals surface area contributed by atoms with Gasteiger partial charge in [-0.1, -0.05) is 12.1 Å². The lowest BCUT2D eigenvalue weighted by Gasteiger charge is -2.05. The number of ether oxygens (including phenoxy) is 1. The number of hydrogen-bond donors (Lipinski definition) is 1. The number of aromatic amines is 1. The van der Waals surface area contributed by atoms with Crippen molar-refractivity contribution in [1.29, 1.82) is 0 Å². The number of carbonyl (C=O) groups excluding carboxylic acids is 1. The van der Waals surface area contributed by atoms with E-state index < -0.39 is 0 Å². The second-order valence-corrected chi connectivity index (χ2v) is 5.69. The zero-order chi connectivity index (χ0) is 14.3. The molecule has 0 radical (unpaired) electrons. The Morgan fingerprint density at radius 2 is 2.25 bits per heavy atom. The van der Waals surface area contributed by atoms with Gasteiger partial charge in [0.25, 0.3) is 0 Å². The highest BCUT2D eigenvalue weighted by Gasteiger charge is 2.17. The molecule has 0 spiro atoms. The first-order chi connectivity index (χ1) is 9.63. The Bertz CT molecular complexity index is 823. The highest BCUT2D eigenvalue weighted by molar-refractivity contribution is 14.1. The number of H-pyrrole nitrogens is 1. The van der Waals surface area contributed by atoms with Gasteiger partial charge in [-0.2, -0.15) is 0 Å². The van der Waals surface area contributed by atoms with Crippen LogP contribution in [0.1, 0.15) is 23.0 Å². The summed E-state index contributed by atoms with van der Waals surface area (Å²) in [5.41, 5.74) is 3.26. The third kappa shape index (κ3) is 1.96. The summed E-state index contributed by atoms with van der Waals surface area (Å²) >= 11 is 2.30. The molecule has 1 aromatic carbocycles. The summed E-state index contributed by atoms with van der Waals surface area (Å²) in [7, 11) is 0. The van der Waals surface area contributed by atoms with Crippen LogP contribution in [0.2, 0.25) is 0 Å². The molecule has 3 rings (SSSR count). The Morgan fingerprint density at radius 1 is 1.45 bits per heavy atom. The maximum absolute atomic E-state index is 11.9. The zero-order valence-electron chi connectivity index (χ0n) is 11.2. The van der Waals surface area contributed by atoms with Gasteiger partial charge in [0.1, 0.15) is 0 Å². The number of nitrogens with zero attached hydrogens (tertiary/aromatic N) is 1. The molecule has 0 bridgehead atoms. The maximum atomic E-state index is 11.9. The molecule has 0 amide bonds. The number of hydrogen-bond acceptors (Lipinski definition) is 3. The average molecular weight is 380 g/mol. The van der Waals surface area contributed by atoms with E-state index in [0.717, 1.165) is 30.9 Å². The normalized spacial score (nSPS) is 11.2. The van der Waals surface area contributed by atoms with Gasteiger partial charge >= 0.3 is 5.97 Å². The third-order valence-electron chi connectivity index (χ3n) is 3.33. The van der Waals surface area contributed by atoms with E-state index in [1.807, 2.05) is 19.1 Å². The molecule has 0 aliphatic rings. The summed E-state index contributed by atoms with van der Waals surface area (Å²) in [6.45, 7) is 4.05. The minimum atomic E-state index is -0.369. The highest BCUT2D eigenvalue weighted by atomic mass is 127. The van der Waals surface area contributed by atoms with Crippen molar-refractivity contribution in [2.75, 3.05) is 6.61 Å². The monoisotopic (exact) mass is 380 g/mol. The summed E-state index contributed by atoms with van der Waals surface area (Å²) in [5.74, 6) is -0.369. The van der Waals surface area contributed by atoms with E-state index in [2.05, 4.69) is 38.6 Å². The highest BCUT2D eigenvalue weighted by Crippen LogP contribution is 2.31. The van der Waals surface area contributed by atoms with Crippen molar-refractivity contribution >= 4 is 50.4 Å². The topological polar surface area (TPSA) is 55.0 Å². The number of carbonyl (C=O) groups is 1. The number of para-hydroxylation sites is 1. The number of benzene rings is 1. The Hall–Kier alpha value is -1.63. The molecule has 102 valence electrons. The van der Waals surface area contributed by atoms with Crippen molar-refractivity contribution in [3.8, 4) is 0 Å². The van der Waals surface area contributed by atoms with E-state index in [4.69, 9.17) is 4.74 Å². The van der Waals surface area contributed by atoms with Crippen molar-refractivity contribution in [1.82, 2.24) is 9.97 Å². The summed E-state index contributed by atoms with van der Waals surface area (Å²) in [5, 5.41) is 2.15. The quantitative estimate of drug-likeness (QED) is 0.544. The second-order valence-electron chi connectivity index (χ2n) is 4.53. The number of fused-ring (bicyclic) bond motifs is 3. The van der Waals surface area contributed by atoms with Gasteiger partial charge in [0, 0.05) is 14.3 Å². The average Bonchev–Trinajstić information content (AvgIpc) is 2.80. The van der Waals surface area contributed by atoms with Crippen LogP contribution in [0.4, 0.5) is 0 Å². The van der Waals surface area contributed by atoms with Crippen LogP contribution in [0.3, 0.4) is 0 Å². The zero-order valence-corrected chi connectivity index (χ0v) is 13.3. The van der Waals surface area contributed by atoms with Gasteiger partial charge in [-0.3, -0.25) is 0 Å². The first kappa shape index (κ1) is 13.4. The molecule has 3 aromatic rings. The Morgan fingerprint density at radius 3 is 3.00 bits per heavy atom. The summed E-state index contributed by atoms with van der Waals surface area (Å²) in [4.78, 5) is 19.5. The third-order valence-corrected chi connectivity index (χ3v) is 4.23. The molecule has 0 atom stereocenters. The molecular weight excluding hydrogens is 367 g/mol. The molecule has 0 saturated heterocycles. The van der Waals surface area contributed by atoms with Gasteiger partial charge < -0.3 is 9.72 Å². The van der Waals surface area contributed by atoms with Gasteiger partial charge in [0.2, 0.25) is 0 Å². The number of aromatic nitrogens is 2. The van der Waals surface area contributed by atoms with E-state index >= 15 is 0 Å². The fraction of sp³-hybridized carbons (Fsp3) is 0.200. The lowest BCUT2D eigenvalue weighted by Crippen LogP contribution is -2.09. The van der Waals surface area contributed by atoms with Gasteiger partial charge in [-0.15, -0.1) is 0 Å². The van der Waals surface area contributed by atoms with Crippen LogP contribution in [0, 0.1) is 10.5 Å². The standard InChI is InChI=1S/C15H13IN2O2/c1-3-20-15(19)13-8(2)12-9-5-4-6-10(16)14(9)18-11(12)7-17-13/h4-7,18H,3H2,1-2H3. The fourth-order valence-corrected chi connectivity index (χ4v) is 3.09. The molecule has 0 aliphatic carbocycles. The smallest absolute Gasteiger partial charge is 0.357 e. The van der Waals surface area contributed by atoms with Crippen molar-refractivity contribution in [3.63, 3.8) is 0 Å². The van der Waals surface area contributed by atoms with Crippen LogP contribution in [0.25, 0.3) is 21.8 Å². The number of halogens is 1. The van der Waals surface area contributed by atoms with Gasteiger partial charge in [-0.25, -0.2) is 9.78 Å². The van der Waals surface area contributed by atoms with Crippen LogP contribution in [-0.4, -0.2) is 22.5 Å². The molecule has 0 unspecified atom stereocenters. The van der Waals surface area contributed by atoms with Gasteiger partial charge in [0.15, 0.2) is 5.69 Å². The van der Waals surface area contributed by atoms with Gasteiger partial charge in [-0.05, 0) is 48.1 Å². The molecule has 0 saturated carbocycles. The molecule has 5 heteroatoms. The van der Waals surface area contributed by atoms with Crippen molar-refractivity contribution in [2.24, 2.45) is 0 Å². The molecule has 0 fully saturated rings. The summed E-state index contributed by atoms with van der Waals surface area (Å²) in [6.07, 6.45) is 1.70. The molecule has 2 heterocycles. The minimum absolute atomic E-state index is 0.351. The molecular formula is C15H13IN2O2. The molecule has 20 heavy (non-hydrogen) atoms. The predicted molar refractivity (Wildman–Crippen MR) is 87.0 cm³/mol. The number of aryl methyl sites for hydroxylation is 1. The van der Waals surface area contributed by atoms with E-state index in [9.17, 15) is 4.79 Å². The second kappa shape index (κ2) is 5.05. The van der Waals surface area contributed by atoms with E-state index in [1.165, 1.54) is 0 Å². The van der Waals surface area contributed by atoms with Crippen molar-refractivity contribution in [3.05, 3.63) is 39.2 Å². The first-order valence-electron chi connectivity index (χ1n) is 6.36. The van der Waals surface area contributed by atoms with Crippen LogP contribution >= 0.6 is 22.6 Å². The van der Waals surface area contributed by atoms with Crippen LogP contribution in [-0.2, 0) is 4.74 Å². The van der Waals surface area contributed by atoms with Crippen molar-refractivity contribution in [2.45, 2.75) is 13.8 Å². The number of esters is 1. The lowest BCUT2D eigenvalue weighted by atomic mass is 10.1. The van der Waals surface area contributed by atoms with Crippen LogP contribution in [0.15, 0.2) is 24.4 Å². The lowest BCUT2D eigenvalue weighted by molar-refractivity contribution is 0.0519. The van der Waals surface area contributed by atoms with Crippen LogP contribution < -0.4 is 0 Å². The van der Waals surface area contributed by atoms with Crippen molar-refractivity contribution < 1.29 is 9.53 Å². The van der Waals surface area contributed by atoms with E-state index in [-0.39, 0.29) is 5.97 Å². The number of pyridine rings is 1. The predicted octanol–water partition coefficient (Wildman–Crippen LogP) is 3.81. The molecule has 2 aromatic heterocycles. The van der Waals surface area contributed by atoms with Gasteiger partial charge in [0.05, 0.1) is 23.8 Å².